The van der Waals surface area contributed by atoms with Gasteiger partial charge in [0.15, 0.2) is 0 Å². The molecule has 2 heterocycles. The largest absolute Gasteiger partial charge is 0.339 e. The molecule has 0 saturated carbocycles. The number of likely N-dealkylation sites (tertiary alicyclic amines) is 1. The molecule has 3 amide bonds. The molecule has 27 heavy (non-hydrogen) atoms. The summed E-state index contributed by atoms with van der Waals surface area (Å²) >= 11 is 7.85. The molecule has 1 saturated heterocycles. The SMILES string of the molecule is CC(C)[C@H](NC(=O)Nc1cc(C(=O)N2CCCC2)ccc1Cl)c1cccs1. The summed E-state index contributed by atoms with van der Waals surface area (Å²) < 4.78 is 0. The second-order valence-corrected chi connectivity index (χ2v) is 8.42. The molecule has 0 unspecified atom stereocenters. The fourth-order valence-corrected chi connectivity index (χ4v) is 4.30. The van der Waals surface area contributed by atoms with E-state index in [-0.39, 0.29) is 23.9 Å². The van der Waals surface area contributed by atoms with E-state index in [1.54, 1.807) is 29.5 Å². The van der Waals surface area contributed by atoms with Crippen molar-refractivity contribution in [1.29, 1.82) is 0 Å². The first-order valence-electron chi connectivity index (χ1n) is 9.15. The van der Waals surface area contributed by atoms with Crippen LogP contribution in [0.25, 0.3) is 0 Å². The van der Waals surface area contributed by atoms with Gasteiger partial charge in [-0.1, -0.05) is 31.5 Å². The van der Waals surface area contributed by atoms with Gasteiger partial charge >= 0.3 is 6.03 Å². The minimum absolute atomic E-state index is 0.0220. The van der Waals surface area contributed by atoms with Crippen LogP contribution in [-0.4, -0.2) is 29.9 Å². The van der Waals surface area contributed by atoms with Gasteiger partial charge in [0.25, 0.3) is 5.91 Å². The number of nitrogens with one attached hydrogen (secondary N) is 2. The van der Waals surface area contributed by atoms with Crippen LogP contribution in [0.1, 0.15) is 48.0 Å². The average molecular weight is 406 g/mol. The highest BCUT2D eigenvalue weighted by molar-refractivity contribution is 7.10. The lowest BCUT2D eigenvalue weighted by molar-refractivity contribution is 0.0793. The lowest BCUT2D eigenvalue weighted by atomic mass is 10.0. The molecule has 1 fully saturated rings. The molecule has 1 atom stereocenters. The molecule has 3 rings (SSSR count). The highest BCUT2D eigenvalue weighted by Gasteiger charge is 2.22. The normalized spacial score (nSPS) is 15.0. The van der Waals surface area contributed by atoms with Crippen molar-refractivity contribution >= 4 is 40.6 Å². The van der Waals surface area contributed by atoms with Crippen LogP contribution < -0.4 is 10.6 Å². The molecule has 0 radical (unpaired) electrons. The number of halogens is 1. The second-order valence-electron chi connectivity index (χ2n) is 7.03. The van der Waals surface area contributed by atoms with Crippen molar-refractivity contribution in [3.05, 3.63) is 51.2 Å². The lowest BCUT2D eigenvalue weighted by Crippen LogP contribution is -2.35. The smallest absolute Gasteiger partial charge is 0.319 e. The molecule has 1 aliphatic heterocycles. The van der Waals surface area contributed by atoms with Gasteiger partial charge in [0.2, 0.25) is 0 Å². The van der Waals surface area contributed by atoms with Crippen molar-refractivity contribution in [3.63, 3.8) is 0 Å². The maximum Gasteiger partial charge on any atom is 0.319 e. The molecule has 144 valence electrons. The van der Waals surface area contributed by atoms with Crippen molar-refractivity contribution < 1.29 is 9.59 Å². The number of urea groups is 1. The van der Waals surface area contributed by atoms with Gasteiger partial charge in [0.1, 0.15) is 0 Å². The van der Waals surface area contributed by atoms with Crippen molar-refractivity contribution in [3.8, 4) is 0 Å². The zero-order valence-corrected chi connectivity index (χ0v) is 17.1. The van der Waals surface area contributed by atoms with Gasteiger partial charge in [-0.05, 0) is 48.4 Å². The first kappa shape index (κ1) is 19.7. The second kappa shape index (κ2) is 8.76. The Morgan fingerprint density at radius 2 is 1.93 bits per heavy atom. The zero-order valence-electron chi connectivity index (χ0n) is 15.5. The predicted molar refractivity (Wildman–Crippen MR) is 111 cm³/mol. The number of benzene rings is 1. The molecule has 1 aromatic heterocycles. The number of amides is 3. The Bertz CT molecular complexity index is 802. The molecular weight excluding hydrogens is 382 g/mol. The summed E-state index contributed by atoms with van der Waals surface area (Å²) in [6.45, 7) is 5.68. The number of hydrogen-bond donors (Lipinski definition) is 2. The van der Waals surface area contributed by atoms with Crippen molar-refractivity contribution in [2.45, 2.75) is 32.7 Å². The molecule has 2 aromatic rings. The summed E-state index contributed by atoms with van der Waals surface area (Å²) in [5.41, 5.74) is 0.975. The minimum atomic E-state index is -0.338. The molecule has 0 spiro atoms. The quantitative estimate of drug-likeness (QED) is 0.721. The van der Waals surface area contributed by atoms with E-state index >= 15 is 0 Å². The van der Waals surface area contributed by atoms with E-state index in [0.29, 0.717) is 16.3 Å². The Balaban J connectivity index is 1.71. The standard InChI is InChI=1S/C20H24ClN3O2S/c1-13(2)18(17-6-5-11-27-17)23-20(26)22-16-12-14(7-8-15(16)21)19(25)24-9-3-4-10-24/h5-8,11-13,18H,3-4,9-10H2,1-2H3,(H2,22,23,26)/t18-/m0/s1. The molecular formula is C20H24ClN3O2S. The number of anilines is 1. The monoisotopic (exact) mass is 405 g/mol. The van der Waals surface area contributed by atoms with Crippen LogP contribution in [0.3, 0.4) is 0 Å². The van der Waals surface area contributed by atoms with Gasteiger partial charge in [-0.2, -0.15) is 0 Å². The third kappa shape index (κ3) is 4.82. The van der Waals surface area contributed by atoms with Crippen LogP contribution in [0.2, 0.25) is 5.02 Å². The third-order valence-corrected chi connectivity index (χ3v) is 5.94. The average Bonchev–Trinajstić information content (AvgIpc) is 3.34. The highest BCUT2D eigenvalue weighted by Crippen LogP contribution is 2.27. The highest BCUT2D eigenvalue weighted by atomic mass is 35.5. The summed E-state index contributed by atoms with van der Waals surface area (Å²) in [7, 11) is 0. The van der Waals surface area contributed by atoms with Gasteiger partial charge < -0.3 is 15.5 Å². The van der Waals surface area contributed by atoms with Crippen LogP contribution in [-0.2, 0) is 0 Å². The fourth-order valence-electron chi connectivity index (χ4n) is 3.19. The Morgan fingerprint density at radius 3 is 2.56 bits per heavy atom. The third-order valence-electron chi connectivity index (χ3n) is 4.66. The molecule has 1 aromatic carbocycles. The van der Waals surface area contributed by atoms with Gasteiger partial charge in [-0.15, -0.1) is 11.3 Å². The van der Waals surface area contributed by atoms with Crippen LogP contribution >= 0.6 is 22.9 Å². The molecule has 1 aliphatic rings. The summed E-state index contributed by atoms with van der Waals surface area (Å²) in [4.78, 5) is 28.0. The first-order valence-corrected chi connectivity index (χ1v) is 10.4. The topological polar surface area (TPSA) is 61.4 Å². The number of hydrogen-bond acceptors (Lipinski definition) is 3. The van der Waals surface area contributed by atoms with Crippen LogP contribution in [0.4, 0.5) is 10.5 Å². The molecule has 7 heteroatoms. The summed E-state index contributed by atoms with van der Waals surface area (Å²) in [6, 6.07) is 8.57. The fraction of sp³-hybridized carbons (Fsp3) is 0.400. The van der Waals surface area contributed by atoms with Gasteiger partial charge in [0.05, 0.1) is 16.8 Å². The minimum Gasteiger partial charge on any atom is -0.339 e. The van der Waals surface area contributed by atoms with E-state index in [9.17, 15) is 9.59 Å². The Kier molecular flexibility index (Phi) is 6.39. The van der Waals surface area contributed by atoms with E-state index in [1.165, 1.54) is 0 Å². The lowest BCUT2D eigenvalue weighted by Gasteiger charge is -2.22. The summed E-state index contributed by atoms with van der Waals surface area (Å²) in [5, 5.41) is 8.20. The Morgan fingerprint density at radius 1 is 1.19 bits per heavy atom. The number of rotatable bonds is 5. The van der Waals surface area contributed by atoms with Crippen LogP contribution in [0.5, 0.6) is 0 Å². The molecule has 2 N–H and O–H groups in total. The van der Waals surface area contributed by atoms with Crippen LogP contribution in [0.15, 0.2) is 35.7 Å². The van der Waals surface area contributed by atoms with E-state index < -0.39 is 0 Å². The van der Waals surface area contributed by atoms with E-state index in [0.717, 1.165) is 30.8 Å². The molecule has 0 aliphatic carbocycles. The number of thiophene rings is 1. The maximum absolute atomic E-state index is 12.6. The number of carbonyl (C=O) groups excluding carboxylic acids is 2. The number of carbonyl (C=O) groups is 2. The van der Waals surface area contributed by atoms with Gasteiger partial charge in [-0.3, -0.25) is 4.79 Å². The Hall–Kier alpha value is -2.05. The molecule has 0 bridgehead atoms. The van der Waals surface area contributed by atoms with Crippen molar-refractivity contribution in [2.75, 3.05) is 18.4 Å². The maximum atomic E-state index is 12.6. The summed E-state index contributed by atoms with van der Waals surface area (Å²) in [6.07, 6.45) is 2.07. The van der Waals surface area contributed by atoms with Gasteiger partial charge in [0, 0.05) is 23.5 Å². The van der Waals surface area contributed by atoms with Crippen molar-refractivity contribution in [2.24, 2.45) is 5.92 Å². The van der Waals surface area contributed by atoms with E-state index in [4.69, 9.17) is 11.6 Å². The van der Waals surface area contributed by atoms with Crippen LogP contribution in [0, 0.1) is 5.92 Å². The first-order chi connectivity index (χ1) is 13.0. The number of nitrogens with zero attached hydrogens (tertiary/aromatic N) is 1. The van der Waals surface area contributed by atoms with E-state index in [2.05, 4.69) is 24.5 Å². The summed E-state index contributed by atoms with van der Waals surface area (Å²) in [5.74, 6) is 0.221. The van der Waals surface area contributed by atoms with Gasteiger partial charge in [-0.25, -0.2) is 4.79 Å². The Labute approximate surface area is 168 Å². The predicted octanol–water partition coefficient (Wildman–Crippen LogP) is 5.16. The zero-order chi connectivity index (χ0) is 19.4. The van der Waals surface area contributed by atoms with E-state index in [1.807, 2.05) is 22.4 Å². The van der Waals surface area contributed by atoms with Crippen molar-refractivity contribution in [1.82, 2.24) is 10.2 Å². The molecule has 5 nitrogen and oxygen atoms in total.